The van der Waals surface area contributed by atoms with Crippen molar-refractivity contribution < 1.29 is 23.1 Å². The van der Waals surface area contributed by atoms with Crippen LogP contribution < -0.4 is 0 Å². The zero-order chi connectivity index (χ0) is 9.19. The van der Waals surface area contributed by atoms with E-state index in [1.165, 1.54) is 0 Å². The quantitative estimate of drug-likeness (QED) is 0.746. The molecule has 0 atom stereocenters. The number of carbonyl (C=O) groups is 1. The number of aliphatic carboxylic acids is 1. The Labute approximate surface area is 65.8 Å². The lowest BCUT2D eigenvalue weighted by molar-refractivity contribution is -0.164. The van der Waals surface area contributed by atoms with Gasteiger partial charge in [-0.25, -0.2) is 9.78 Å². The van der Waals surface area contributed by atoms with Gasteiger partial charge in [0.1, 0.15) is 5.76 Å². The van der Waals surface area contributed by atoms with Crippen molar-refractivity contribution in [2.75, 3.05) is 0 Å². The smallest absolute Gasteiger partial charge is 0.375 e. The molecule has 0 amide bonds. The molecule has 1 rings (SSSR count). The second-order valence-electron chi connectivity index (χ2n) is 2.15. The van der Waals surface area contributed by atoms with Crippen LogP contribution in [-0.2, 0) is 11.2 Å². The van der Waals surface area contributed by atoms with E-state index in [0.29, 0.717) is 0 Å². The minimum Gasteiger partial charge on any atom is -0.477 e. The number of nitrogens with zero attached hydrogens (tertiary/aromatic N) is 1. The van der Waals surface area contributed by atoms with Crippen molar-refractivity contribution in [2.24, 2.45) is 0 Å². The molecule has 0 aliphatic rings. The zero-order valence-corrected chi connectivity index (χ0v) is 5.83. The van der Waals surface area contributed by atoms with Crippen LogP contribution in [0.5, 0.6) is 0 Å². The summed E-state index contributed by atoms with van der Waals surface area (Å²) in [6, 6.07) is 0. The molecule has 6 heteroatoms. The van der Waals surface area contributed by atoms with Gasteiger partial charge in [-0.3, -0.25) is 0 Å². The van der Waals surface area contributed by atoms with Gasteiger partial charge in [-0.05, 0) is 0 Å². The molecule has 12 heavy (non-hydrogen) atoms. The molecule has 1 aromatic heterocycles. The highest BCUT2D eigenvalue weighted by Gasteiger charge is 2.39. The van der Waals surface area contributed by atoms with Crippen molar-refractivity contribution in [3.8, 4) is 0 Å². The van der Waals surface area contributed by atoms with Gasteiger partial charge in [0.2, 0.25) is 0 Å². The third kappa shape index (κ3) is 1.77. The third-order valence-corrected chi connectivity index (χ3v) is 1.19. The Balaban J connectivity index is 2.69. The van der Waals surface area contributed by atoms with E-state index in [2.05, 4.69) is 9.40 Å². The van der Waals surface area contributed by atoms with Gasteiger partial charge >= 0.3 is 11.9 Å². The number of hydrogen-bond donors (Lipinski definition) is 1. The van der Waals surface area contributed by atoms with E-state index in [0.717, 1.165) is 12.6 Å². The maximum atomic E-state index is 12.4. The van der Waals surface area contributed by atoms with Crippen LogP contribution in [0.2, 0.25) is 0 Å². The van der Waals surface area contributed by atoms with E-state index in [1.807, 2.05) is 0 Å². The van der Waals surface area contributed by atoms with Crippen LogP contribution in [0.4, 0.5) is 8.78 Å². The SMILES string of the molecule is O=C(O)C(F)(F)Cc1cnco1. The Kier molecular flexibility index (Phi) is 2.07. The molecule has 66 valence electrons. The van der Waals surface area contributed by atoms with Gasteiger partial charge in [0.15, 0.2) is 6.39 Å². The number of alkyl halides is 2. The molecule has 0 unspecified atom stereocenters. The van der Waals surface area contributed by atoms with Gasteiger partial charge in [-0.2, -0.15) is 8.78 Å². The summed E-state index contributed by atoms with van der Waals surface area (Å²) in [5.74, 6) is -6.11. The number of carboxylic acids is 1. The summed E-state index contributed by atoms with van der Waals surface area (Å²) in [6.45, 7) is 0. The number of rotatable bonds is 3. The van der Waals surface area contributed by atoms with Crippen LogP contribution in [0.25, 0.3) is 0 Å². The Bertz CT molecular complexity index is 270. The monoisotopic (exact) mass is 177 g/mol. The minimum atomic E-state index is -3.79. The first-order valence-electron chi connectivity index (χ1n) is 3.01. The van der Waals surface area contributed by atoms with Crippen molar-refractivity contribution in [1.29, 1.82) is 0 Å². The summed E-state index contributed by atoms with van der Waals surface area (Å²) in [7, 11) is 0. The van der Waals surface area contributed by atoms with E-state index >= 15 is 0 Å². The highest BCUT2D eigenvalue weighted by molar-refractivity contribution is 5.75. The predicted molar refractivity (Wildman–Crippen MR) is 32.8 cm³/mol. The number of hydrogen-bond acceptors (Lipinski definition) is 3. The van der Waals surface area contributed by atoms with E-state index in [-0.39, 0.29) is 5.76 Å². The summed E-state index contributed by atoms with van der Waals surface area (Å²) in [5, 5.41) is 8.03. The molecule has 0 saturated carbocycles. The maximum Gasteiger partial charge on any atom is 0.375 e. The third-order valence-electron chi connectivity index (χ3n) is 1.19. The van der Waals surface area contributed by atoms with Crippen molar-refractivity contribution in [2.45, 2.75) is 12.3 Å². The molecule has 0 aliphatic carbocycles. The van der Waals surface area contributed by atoms with Crippen LogP contribution in [0.1, 0.15) is 5.76 Å². The highest BCUT2D eigenvalue weighted by Crippen LogP contribution is 2.19. The fourth-order valence-corrected chi connectivity index (χ4v) is 0.624. The number of carboxylic acid groups (broad SMARTS) is 1. The average molecular weight is 177 g/mol. The molecule has 1 N–H and O–H groups in total. The highest BCUT2D eigenvalue weighted by atomic mass is 19.3. The fraction of sp³-hybridized carbons (Fsp3) is 0.333. The first kappa shape index (κ1) is 8.63. The molecular formula is C6H5F2NO3. The molecule has 0 bridgehead atoms. The van der Waals surface area contributed by atoms with Crippen molar-refractivity contribution in [3.63, 3.8) is 0 Å². The van der Waals surface area contributed by atoms with Gasteiger partial charge < -0.3 is 9.52 Å². The summed E-state index contributed by atoms with van der Waals surface area (Å²) in [6.07, 6.45) is 1.05. The summed E-state index contributed by atoms with van der Waals surface area (Å²) >= 11 is 0. The molecule has 0 saturated heterocycles. The maximum absolute atomic E-state index is 12.4. The summed E-state index contributed by atoms with van der Waals surface area (Å²) in [4.78, 5) is 13.3. The van der Waals surface area contributed by atoms with E-state index < -0.39 is 18.3 Å². The van der Waals surface area contributed by atoms with Crippen molar-refractivity contribution in [1.82, 2.24) is 4.98 Å². The molecule has 4 nitrogen and oxygen atoms in total. The molecule has 1 aromatic rings. The van der Waals surface area contributed by atoms with E-state index in [1.54, 1.807) is 0 Å². The lowest BCUT2D eigenvalue weighted by atomic mass is 10.2. The van der Waals surface area contributed by atoms with Crippen LogP contribution in [-0.4, -0.2) is 22.0 Å². The van der Waals surface area contributed by atoms with Gasteiger partial charge in [0, 0.05) is 0 Å². The van der Waals surface area contributed by atoms with Crippen molar-refractivity contribution >= 4 is 5.97 Å². The minimum absolute atomic E-state index is 0.151. The lowest BCUT2D eigenvalue weighted by Gasteiger charge is -2.07. The lowest BCUT2D eigenvalue weighted by Crippen LogP contribution is -2.30. The molecule has 1 heterocycles. The Hall–Kier alpha value is -1.46. The van der Waals surface area contributed by atoms with Gasteiger partial charge in [0.25, 0.3) is 0 Å². The number of aromatic nitrogens is 1. The predicted octanol–water partition coefficient (Wildman–Crippen LogP) is 0.937. The van der Waals surface area contributed by atoms with Crippen LogP contribution >= 0.6 is 0 Å². The molecule has 0 spiro atoms. The second-order valence-corrected chi connectivity index (χ2v) is 2.15. The van der Waals surface area contributed by atoms with E-state index in [9.17, 15) is 13.6 Å². The van der Waals surface area contributed by atoms with Crippen LogP contribution in [0.15, 0.2) is 17.0 Å². The normalized spacial score (nSPS) is 11.5. The van der Waals surface area contributed by atoms with Crippen LogP contribution in [0.3, 0.4) is 0 Å². The van der Waals surface area contributed by atoms with Gasteiger partial charge in [-0.15, -0.1) is 0 Å². The number of halogens is 2. The molecule has 0 aliphatic heterocycles. The Morgan fingerprint density at radius 2 is 2.42 bits per heavy atom. The Morgan fingerprint density at radius 3 is 2.83 bits per heavy atom. The molecule has 0 aromatic carbocycles. The largest absolute Gasteiger partial charge is 0.477 e. The van der Waals surface area contributed by atoms with Gasteiger partial charge in [-0.1, -0.05) is 0 Å². The van der Waals surface area contributed by atoms with Crippen molar-refractivity contribution in [3.05, 3.63) is 18.4 Å². The van der Waals surface area contributed by atoms with Crippen LogP contribution in [0, 0.1) is 0 Å². The zero-order valence-electron chi connectivity index (χ0n) is 5.83. The first-order chi connectivity index (χ1) is 5.52. The molecular weight excluding hydrogens is 172 g/mol. The molecule has 0 fully saturated rings. The summed E-state index contributed by atoms with van der Waals surface area (Å²) < 4.78 is 29.3. The summed E-state index contributed by atoms with van der Waals surface area (Å²) in [5.41, 5.74) is 0. The molecule has 0 radical (unpaired) electrons. The van der Waals surface area contributed by atoms with E-state index in [4.69, 9.17) is 5.11 Å². The standard InChI is InChI=1S/C6H5F2NO3/c7-6(8,5(10)11)1-4-2-9-3-12-4/h2-3H,1H2,(H,10,11). The number of oxazole rings is 1. The first-order valence-corrected chi connectivity index (χ1v) is 3.01. The topological polar surface area (TPSA) is 63.3 Å². The average Bonchev–Trinajstić information content (AvgIpc) is 2.38. The Morgan fingerprint density at radius 1 is 1.75 bits per heavy atom. The van der Waals surface area contributed by atoms with Gasteiger partial charge in [0.05, 0.1) is 12.6 Å². The second kappa shape index (κ2) is 2.88. The fourth-order valence-electron chi connectivity index (χ4n) is 0.624.